The first-order valence-corrected chi connectivity index (χ1v) is 5.36. The number of piperazine rings is 1. The largest absolute Gasteiger partial charge is 0.349 e. The van der Waals surface area contributed by atoms with Crippen molar-refractivity contribution in [1.82, 2.24) is 10.3 Å². The molecule has 3 N–H and O–H groups in total. The second-order valence-corrected chi connectivity index (χ2v) is 3.92. The Balaban J connectivity index is 2.37. The molecule has 1 aromatic rings. The Labute approximate surface area is 98.8 Å². The number of anilines is 1. The highest BCUT2D eigenvalue weighted by molar-refractivity contribution is 6.04. The zero-order valence-electron chi connectivity index (χ0n) is 9.51. The second-order valence-electron chi connectivity index (χ2n) is 3.92. The first-order chi connectivity index (χ1) is 8.13. The fourth-order valence-corrected chi connectivity index (χ4v) is 1.85. The van der Waals surface area contributed by atoms with E-state index in [1.54, 1.807) is 30.3 Å². The number of aromatic nitrogens is 1. The highest BCUT2D eigenvalue weighted by atomic mass is 16.2. The molecule has 90 valence electrons. The fraction of sp³-hybridized carbons (Fsp3) is 0.364. The predicted octanol–water partition coefficient (Wildman–Crippen LogP) is -0.608. The van der Waals surface area contributed by atoms with Gasteiger partial charge in [-0.1, -0.05) is 0 Å². The van der Waals surface area contributed by atoms with Crippen LogP contribution < -0.4 is 16.0 Å². The van der Waals surface area contributed by atoms with Gasteiger partial charge in [0.05, 0.1) is 18.4 Å². The third-order valence-electron chi connectivity index (χ3n) is 2.84. The molecule has 1 fully saturated rings. The molecule has 2 heterocycles. The van der Waals surface area contributed by atoms with E-state index in [1.165, 1.54) is 0 Å². The van der Waals surface area contributed by atoms with Crippen LogP contribution in [0.4, 0.5) is 5.69 Å². The summed E-state index contributed by atoms with van der Waals surface area (Å²) in [6.45, 7) is 2.23. The summed E-state index contributed by atoms with van der Waals surface area (Å²) in [5, 5.41) is 2.30. The van der Waals surface area contributed by atoms with Gasteiger partial charge in [0, 0.05) is 12.7 Å². The van der Waals surface area contributed by atoms with E-state index in [9.17, 15) is 9.59 Å². The van der Waals surface area contributed by atoms with Crippen molar-refractivity contribution in [3.63, 3.8) is 0 Å². The van der Waals surface area contributed by atoms with Crippen LogP contribution in [0, 0.1) is 0 Å². The highest BCUT2D eigenvalue weighted by Crippen LogP contribution is 2.22. The van der Waals surface area contributed by atoms with Gasteiger partial charge >= 0.3 is 0 Å². The van der Waals surface area contributed by atoms with Crippen LogP contribution in [0.3, 0.4) is 0 Å². The van der Waals surface area contributed by atoms with E-state index in [-0.39, 0.29) is 18.4 Å². The van der Waals surface area contributed by atoms with Crippen molar-refractivity contribution in [2.45, 2.75) is 19.5 Å². The summed E-state index contributed by atoms with van der Waals surface area (Å²) in [4.78, 5) is 28.7. The number of imide groups is 1. The summed E-state index contributed by atoms with van der Waals surface area (Å²) in [6.07, 6.45) is 3.27. The summed E-state index contributed by atoms with van der Waals surface area (Å²) in [5.74, 6) is -0.604. The summed E-state index contributed by atoms with van der Waals surface area (Å²) in [7, 11) is 0. The van der Waals surface area contributed by atoms with Gasteiger partial charge in [0.2, 0.25) is 11.8 Å². The number of rotatable bonds is 2. The summed E-state index contributed by atoms with van der Waals surface area (Å²) < 4.78 is 0. The molecule has 6 heteroatoms. The fourth-order valence-electron chi connectivity index (χ4n) is 1.85. The monoisotopic (exact) mass is 234 g/mol. The number of carbonyl (C=O) groups is 2. The van der Waals surface area contributed by atoms with Gasteiger partial charge < -0.3 is 10.6 Å². The Morgan fingerprint density at radius 3 is 3.06 bits per heavy atom. The minimum atomic E-state index is -0.401. The molecule has 0 aromatic carbocycles. The van der Waals surface area contributed by atoms with Gasteiger partial charge in [0.15, 0.2) is 0 Å². The van der Waals surface area contributed by atoms with Gasteiger partial charge in [-0.25, -0.2) is 0 Å². The van der Waals surface area contributed by atoms with Gasteiger partial charge in [0.25, 0.3) is 0 Å². The molecule has 0 saturated carbocycles. The molecule has 0 bridgehead atoms. The quantitative estimate of drug-likeness (QED) is 0.666. The number of nitrogens with zero attached hydrogens (tertiary/aromatic N) is 2. The van der Waals surface area contributed by atoms with Crippen molar-refractivity contribution in [1.29, 1.82) is 0 Å². The molecule has 1 aromatic heterocycles. The van der Waals surface area contributed by atoms with E-state index in [2.05, 4.69) is 10.3 Å². The van der Waals surface area contributed by atoms with Crippen molar-refractivity contribution in [2.24, 2.45) is 5.73 Å². The summed E-state index contributed by atoms with van der Waals surface area (Å²) in [5.41, 5.74) is 7.24. The van der Waals surface area contributed by atoms with Crippen LogP contribution in [0.2, 0.25) is 0 Å². The molecular formula is C11H14N4O2. The molecule has 17 heavy (non-hydrogen) atoms. The average molecular weight is 234 g/mol. The number of hydrogen-bond acceptors (Lipinski definition) is 5. The average Bonchev–Trinajstić information content (AvgIpc) is 2.33. The Morgan fingerprint density at radius 1 is 1.59 bits per heavy atom. The van der Waals surface area contributed by atoms with Crippen LogP contribution in [-0.4, -0.2) is 29.4 Å². The number of pyridine rings is 1. The standard InChI is InChI=1S/C11H14N4O2/c1-7-11(17)14-10(16)6-15(7)9-5-13-3-2-8(9)4-12/h2-3,5,7H,4,6,12H2,1H3,(H,14,16,17). The number of carbonyl (C=O) groups excluding carboxylic acids is 2. The van der Waals surface area contributed by atoms with Gasteiger partial charge in [-0.3, -0.25) is 19.9 Å². The number of hydrogen-bond donors (Lipinski definition) is 2. The van der Waals surface area contributed by atoms with Crippen molar-refractivity contribution >= 4 is 17.5 Å². The van der Waals surface area contributed by atoms with E-state index in [0.29, 0.717) is 6.54 Å². The maximum absolute atomic E-state index is 11.6. The Hall–Kier alpha value is -1.95. The van der Waals surface area contributed by atoms with Crippen LogP contribution in [0.25, 0.3) is 0 Å². The normalized spacial score (nSPS) is 20.4. The molecule has 6 nitrogen and oxygen atoms in total. The lowest BCUT2D eigenvalue weighted by atomic mass is 10.1. The van der Waals surface area contributed by atoms with Crippen molar-refractivity contribution < 1.29 is 9.59 Å². The number of nitrogens with two attached hydrogens (primary N) is 1. The molecule has 1 aliphatic rings. The van der Waals surface area contributed by atoms with E-state index >= 15 is 0 Å². The molecule has 0 radical (unpaired) electrons. The Kier molecular flexibility index (Phi) is 3.06. The van der Waals surface area contributed by atoms with Crippen LogP contribution in [0.5, 0.6) is 0 Å². The van der Waals surface area contributed by atoms with Crippen LogP contribution in [-0.2, 0) is 16.1 Å². The third kappa shape index (κ3) is 2.12. The molecule has 1 aliphatic heterocycles. The maximum atomic E-state index is 11.6. The first-order valence-electron chi connectivity index (χ1n) is 5.36. The summed E-state index contributed by atoms with van der Waals surface area (Å²) >= 11 is 0. The van der Waals surface area contributed by atoms with E-state index in [4.69, 9.17) is 5.73 Å². The van der Waals surface area contributed by atoms with Gasteiger partial charge in [0.1, 0.15) is 6.04 Å². The van der Waals surface area contributed by atoms with Gasteiger partial charge in [-0.2, -0.15) is 0 Å². The lowest BCUT2D eigenvalue weighted by molar-refractivity contribution is -0.132. The van der Waals surface area contributed by atoms with E-state index in [1.807, 2.05) is 0 Å². The van der Waals surface area contributed by atoms with Crippen molar-refractivity contribution in [3.8, 4) is 0 Å². The van der Waals surface area contributed by atoms with Crippen LogP contribution in [0.1, 0.15) is 12.5 Å². The lowest BCUT2D eigenvalue weighted by Gasteiger charge is -2.34. The maximum Gasteiger partial charge on any atom is 0.249 e. The minimum Gasteiger partial charge on any atom is -0.349 e. The zero-order chi connectivity index (χ0) is 12.4. The first kappa shape index (κ1) is 11.5. The Bertz CT molecular complexity index is 461. The van der Waals surface area contributed by atoms with Gasteiger partial charge in [-0.15, -0.1) is 0 Å². The van der Waals surface area contributed by atoms with Crippen LogP contribution in [0.15, 0.2) is 18.5 Å². The molecule has 1 saturated heterocycles. The minimum absolute atomic E-state index is 0.144. The van der Waals surface area contributed by atoms with Crippen molar-refractivity contribution in [2.75, 3.05) is 11.4 Å². The molecule has 0 spiro atoms. The molecule has 2 amide bonds. The summed E-state index contributed by atoms with van der Waals surface area (Å²) in [6, 6.07) is 1.39. The number of amides is 2. The molecular weight excluding hydrogens is 220 g/mol. The zero-order valence-corrected chi connectivity index (χ0v) is 9.51. The lowest BCUT2D eigenvalue weighted by Crippen LogP contribution is -2.57. The second kappa shape index (κ2) is 4.50. The van der Waals surface area contributed by atoms with Crippen LogP contribution >= 0.6 is 0 Å². The van der Waals surface area contributed by atoms with E-state index in [0.717, 1.165) is 11.3 Å². The molecule has 1 atom stereocenters. The smallest absolute Gasteiger partial charge is 0.249 e. The van der Waals surface area contributed by atoms with E-state index < -0.39 is 6.04 Å². The highest BCUT2D eigenvalue weighted by Gasteiger charge is 2.31. The molecule has 1 unspecified atom stereocenters. The molecule has 0 aliphatic carbocycles. The predicted molar refractivity (Wildman–Crippen MR) is 62.1 cm³/mol. The van der Waals surface area contributed by atoms with Crippen molar-refractivity contribution in [3.05, 3.63) is 24.0 Å². The third-order valence-corrected chi connectivity index (χ3v) is 2.84. The number of nitrogens with one attached hydrogen (secondary N) is 1. The molecule has 2 rings (SSSR count). The topological polar surface area (TPSA) is 88.3 Å². The van der Waals surface area contributed by atoms with Gasteiger partial charge in [-0.05, 0) is 18.6 Å². The Morgan fingerprint density at radius 2 is 2.35 bits per heavy atom. The SMILES string of the molecule is CC1C(=O)NC(=O)CN1c1cnccc1CN.